The van der Waals surface area contributed by atoms with E-state index in [0.29, 0.717) is 38.4 Å². The van der Waals surface area contributed by atoms with E-state index in [1.165, 1.54) is 23.4 Å². The Morgan fingerprint density at radius 1 is 0.970 bits per heavy atom. The lowest BCUT2D eigenvalue weighted by atomic mass is 10.1. The number of rotatable bonds is 6. The third kappa shape index (κ3) is 5.88. The van der Waals surface area contributed by atoms with Gasteiger partial charge >= 0.3 is 6.18 Å². The minimum atomic E-state index is -4.54. The summed E-state index contributed by atoms with van der Waals surface area (Å²) in [4.78, 5) is 34.7. The van der Waals surface area contributed by atoms with Crippen LogP contribution in [0.3, 0.4) is 0 Å². The molecular weight excluding hydrogens is 439 g/mol. The van der Waals surface area contributed by atoms with Crippen molar-refractivity contribution in [3.05, 3.63) is 36.4 Å². The second-order valence-electron chi connectivity index (χ2n) is 8.26. The molecule has 2 aliphatic heterocycles. The highest BCUT2D eigenvalue weighted by atomic mass is 19.4. The first-order valence-corrected chi connectivity index (χ1v) is 10.9. The highest BCUT2D eigenvalue weighted by Crippen LogP contribution is 2.33. The Morgan fingerprint density at radius 3 is 2.24 bits per heavy atom. The minimum absolute atomic E-state index is 0.00942. The SMILES string of the molecule is O=C(CN1CCN(CC(=O)N2CCCC2)CC1)Nc1cc(C(F)(F)F)ccc1-n1cncn1. The first kappa shape index (κ1) is 23.2. The van der Waals surface area contributed by atoms with Crippen LogP contribution >= 0.6 is 0 Å². The molecule has 2 aliphatic rings. The van der Waals surface area contributed by atoms with Crippen molar-refractivity contribution in [1.29, 1.82) is 0 Å². The number of hydrogen-bond donors (Lipinski definition) is 1. The average molecular weight is 465 g/mol. The number of likely N-dealkylation sites (tertiary alicyclic amines) is 1. The van der Waals surface area contributed by atoms with Gasteiger partial charge in [0.2, 0.25) is 11.8 Å². The maximum Gasteiger partial charge on any atom is 0.416 e. The van der Waals surface area contributed by atoms with Crippen LogP contribution in [0, 0.1) is 0 Å². The highest BCUT2D eigenvalue weighted by Gasteiger charge is 2.31. The molecular formula is C21H26F3N7O2. The smallest absolute Gasteiger partial charge is 0.342 e. The zero-order valence-corrected chi connectivity index (χ0v) is 18.1. The van der Waals surface area contributed by atoms with Crippen molar-refractivity contribution in [1.82, 2.24) is 29.5 Å². The lowest BCUT2D eigenvalue weighted by molar-refractivity contribution is -0.137. The fourth-order valence-electron chi connectivity index (χ4n) is 4.10. The van der Waals surface area contributed by atoms with Gasteiger partial charge in [-0.3, -0.25) is 19.4 Å². The Balaban J connectivity index is 1.34. The van der Waals surface area contributed by atoms with Crippen molar-refractivity contribution >= 4 is 17.5 Å². The number of carbonyl (C=O) groups excluding carboxylic acids is 2. The van der Waals surface area contributed by atoms with Crippen molar-refractivity contribution in [2.45, 2.75) is 19.0 Å². The van der Waals surface area contributed by atoms with Crippen LogP contribution in [0.1, 0.15) is 18.4 Å². The molecule has 2 aromatic rings. The molecule has 0 aliphatic carbocycles. The summed E-state index contributed by atoms with van der Waals surface area (Å²) in [6, 6.07) is 3.09. The molecule has 12 heteroatoms. The number of benzene rings is 1. The number of anilines is 1. The van der Waals surface area contributed by atoms with Gasteiger partial charge in [0.15, 0.2) is 0 Å². The molecule has 9 nitrogen and oxygen atoms in total. The molecule has 1 N–H and O–H groups in total. The zero-order valence-electron chi connectivity index (χ0n) is 18.1. The number of hydrogen-bond acceptors (Lipinski definition) is 6. The maximum atomic E-state index is 13.2. The second-order valence-corrected chi connectivity index (χ2v) is 8.26. The van der Waals surface area contributed by atoms with Crippen LogP contribution in [-0.4, -0.2) is 93.6 Å². The van der Waals surface area contributed by atoms with Crippen LogP contribution in [0.2, 0.25) is 0 Å². The Bertz CT molecular complexity index is 967. The third-order valence-electron chi connectivity index (χ3n) is 5.91. The van der Waals surface area contributed by atoms with E-state index in [2.05, 4.69) is 20.3 Å². The molecule has 4 rings (SSSR count). The maximum absolute atomic E-state index is 13.2. The molecule has 33 heavy (non-hydrogen) atoms. The Morgan fingerprint density at radius 2 is 1.64 bits per heavy atom. The molecule has 2 saturated heterocycles. The monoisotopic (exact) mass is 465 g/mol. The molecule has 2 fully saturated rings. The zero-order chi connectivity index (χ0) is 23.4. The molecule has 1 aromatic carbocycles. The molecule has 178 valence electrons. The van der Waals surface area contributed by atoms with E-state index in [1.54, 1.807) is 0 Å². The summed E-state index contributed by atoms with van der Waals surface area (Å²) in [6.45, 7) is 4.57. The summed E-state index contributed by atoms with van der Waals surface area (Å²) in [7, 11) is 0. The lowest BCUT2D eigenvalue weighted by Gasteiger charge is -2.34. The normalized spacial score (nSPS) is 18.0. The van der Waals surface area contributed by atoms with Crippen molar-refractivity contribution in [2.75, 3.05) is 57.7 Å². The molecule has 0 atom stereocenters. The molecule has 0 spiro atoms. The topological polar surface area (TPSA) is 86.6 Å². The summed E-state index contributed by atoms with van der Waals surface area (Å²) < 4.78 is 40.9. The van der Waals surface area contributed by atoms with Crippen LogP contribution in [-0.2, 0) is 15.8 Å². The number of amides is 2. The molecule has 0 radical (unpaired) electrons. The van der Waals surface area contributed by atoms with E-state index in [1.807, 2.05) is 9.80 Å². The van der Waals surface area contributed by atoms with Crippen molar-refractivity contribution in [2.24, 2.45) is 0 Å². The summed E-state index contributed by atoms with van der Waals surface area (Å²) in [5.74, 6) is -0.277. The van der Waals surface area contributed by atoms with Gasteiger partial charge in [0.25, 0.3) is 0 Å². The lowest BCUT2D eigenvalue weighted by Crippen LogP contribution is -2.51. The quantitative estimate of drug-likeness (QED) is 0.696. The average Bonchev–Trinajstić information content (AvgIpc) is 3.49. The van der Waals surface area contributed by atoms with Crippen LogP contribution in [0.25, 0.3) is 5.69 Å². The summed E-state index contributed by atoms with van der Waals surface area (Å²) in [5, 5.41) is 6.54. The Kier molecular flexibility index (Phi) is 6.94. The standard InChI is InChI=1S/C21H26F3N7O2/c22-21(23,24)16-3-4-18(31-15-25-14-26-31)17(11-16)27-19(32)12-28-7-9-29(10-8-28)13-20(33)30-5-1-2-6-30/h3-4,11,14-15H,1-2,5-10,12-13H2,(H,27,32). The van der Waals surface area contributed by atoms with E-state index >= 15 is 0 Å². The van der Waals surface area contributed by atoms with Gasteiger partial charge in [-0.05, 0) is 31.0 Å². The fourth-order valence-corrected chi connectivity index (χ4v) is 4.10. The second kappa shape index (κ2) is 9.87. The number of carbonyl (C=O) groups is 2. The van der Waals surface area contributed by atoms with Crippen LogP contribution < -0.4 is 5.32 Å². The predicted molar refractivity (Wildman–Crippen MR) is 114 cm³/mol. The minimum Gasteiger partial charge on any atom is -0.342 e. The fraction of sp³-hybridized carbons (Fsp3) is 0.524. The predicted octanol–water partition coefficient (Wildman–Crippen LogP) is 1.46. The van der Waals surface area contributed by atoms with Gasteiger partial charge in [-0.1, -0.05) is 0 Å². The number of halogens is 3. The molecule has 2 amide bonds. The van der Waals surface area contributed by atoms with Gasteiger partial charge in [-0.15, -0.1) is 0 Å². The number of nitrogens with one attached hydrogen (secondary N) is 1. The molecule has 0 unspecified atom stereocenters. The van der Waals surface area contributed by atoms with E-state index in [0.717, 1.165) is 38.1 Å². The summed E-state index contributed by atoms with van der Waals surface area (Å²) in [6.07, 6.45) is 0.180. The summed E-state index contributed by atoms with van der Waals surface area (Å²) >= 11 is 0. The molecule has 1 aromatic heterocycles. The highest BCUT2D eigenvalue weighted by molar-refractivity contribution is 5.94. The van der Waals surface area contributed by atoms with Crippen LogP contribution in [0.15, 0.2) is 30.9 Å². The number of piperazine rings is 1. The van der Waals surface area contributed by atoms with Gasteiger partial charge in [0.1, 0.15) is 12.7 Å². The van der Waals surface area contributed by atoms with Gasteiger partial charge in [-0.2, -0.15) is 18.3 Å². The molecule has 0 bridgehead atoms. The van der Waals surface area contributed by atoms with E-state index in [-0.39, 0.29) is 18.1 Å². The molecule has 3 heterocycles. The van der Waals surface area contributed by atoms with Crippen LogP contribution in [0.4, 0.5) is 18.9 Å². The van der Waals surface area contributed by atoms with Gasteiger partial charge in [0, 0.05) is 39.3 Å². The summed E-state index contributed by atoms with van der Waals surface area (Å²) in [5.41, 5.74) is -0.563. The van der Waals surface area contributed by atoms with Gasteiger partial charge in [0.05, 0.1) is 30.0 Å². The first-order valence-electron chi connectivity index (χ1n) is 10.9. The van der Waals surface area contributed by atoms with Crippen LogP contribution in [0.5, 0.6) is 0 Å². The van der Waals surface area contributed by atoms with Gasteiger partial charge < -0.3 is 10.2 Å². The van der Waals surface area contributed by atoms with Crippen molar-refractivity contribution in [3.8, 4) is 5.69 Å². The van der Waals surface area contributed by atoms with E-state index in [9.17, 15) is 22.8 Å². The van der Waals surface area contributed by atoms with Gasteiger partial charge in [-0.25, -0.2) is 9.67 Å². The van der Waals surface area contributed by atoms with E-state index in [4.69, 9.17) is 0 Å². The Labute approximate surface area is 189 Å². The third-order valence-corrected chi connectivity index (χ3v) is 5.91. The number of aromatic nitrogens is 3. The van der Waals surface area contributed by atoms with Crippen molar-refractivity contribution < 1.29 is 22.8 Å². The van der Waals surface area contributed by atoms with E-state index < -0.39 is 17.6 Å². The number of alkyl halides is 3. The Hall–Kier alpha value is -2.99. The molecule has 0 saturated carbocycles. The largest absolute Gasteiger partial charge is 0.416 e. The number of nitrogens with zero attached hydrogens (tertiary/aromatic N) is 6. The van der Waals surface area contributed by atoms with Crippen molar-refractivity contribution in [3.63, 3.8) is 0 Å². The first-order chi connectivity index (χ1) is 15.8.